The van der Waals surface area contributed by atoms with Crippen LogP contribution in [0.1, 0.15) is 5.56 Å². The highest BCUT2D eigenvalue weighted by molar-refractivity contribution is 7.89. The van der Waals surface area contributed by atoms with Crippen LogP contribution < -0.4 is 9.57 Å². The number of nitro benzene ring substituents is 1. The topological polar surface area (TPSA) is 131 Å². The minimum Gasteiger partial charge on any atom is -0.504 e. The number of nitro groups is 1. The number of benzene rings is 2. The quantitative estimate of drug-likeness (QED) is 0.445. The lowest BCUT2D eigenvalue weighted by Crippen LogP contribution is -2.18. The summed E-state index contributed by atoms with van der Waals surface area (Å²) in [5.41, 5.74) is -0.443. The second kappa shape index (κ2) is 7.36. The molecule has 0 atom stereocenters. The van der Waals surface area contributed by atoms with Crippen LogP contribution in [0, 0.1) is 10.1 Å². The molecule has 0 heterocycles. The third-order valence-electron chi connectivity index (χ3n) is 3.02. The van der Waals surface area contributed by atoms with E-state index in [4.69, 9.17) is 16.3 Å². The van der Waals surface area contributed by atoms with Crippen molar-refractivity contribution in [2.24, 2.45) is 5.10 Å². The molecule has 0 aliphatic heterocycles. The molecular weight excluding hydrogens is 374 g/mol. The van der Waals surface area contributed by atoms with Gasteiger partial charge in [0.2, 0.25) is 0 Å². The fraction of sp³-hybridized carbons (Fsp3) is 0.0714. The summed E-state index contributed by atoms with van der Waals surface area (Å²) >= 11 is 5.69. The van der Waals surface area contributed by atoms with E-state index in [1.165, 1.54) is 31.4 Å². The van der Waals surface area contributed by atoms with Crippen molar-refractivity contribution in [3.8, 4) is 11.5 Å². The van der Waals surface area contributed by atoms with Crippen LogP contribution in [0.25, 0.3) is 0 Å². The maximum Gasteiger partial charge on any atom is 0.276 e. The molecule has 25 heavy (non-hydrogen) atoms. The number of hydrogen-bond acceptors (Lipinski definition) is 7. The van der Waals surface area contributed by atoms with Crippen LogP contribution in [-0.4, -0.2) is 31.8 Å². The van der Waals surface area contributed by atoms with Gasteiger partial charge in [0.25, 0.3) is 15.7 Å². The Kier molecular flexibility index (Phi) is 5.45. The van der Waals surface area contributed by atoms with Crippen molar-refractivity contribution >= 4 is 33.5 Å². The van der Waals surface area contributed by atoms with Crippen molar-refractivity contribution in [1.29, 1.82) is 0 Å². The van der Waals surface area contributed by atoms with Gasteiger partial charge in [-0.3, -0.25) is 10.1 Å². The largest absolute Gasteiger partial charge is 0.504 e. The fourth-order valence-corrected chi connectivity index (χ4v) is 2.72. The summed E-state index contributed by atoms with van der Waals surface area (Å²) in [7, 11) is -2.73. The summed E-state index contributed by atoms with van der Waals surface area (Å²) < 4.78 is 28.9. The highest BCUT2D eigenvalue weighted by Crippen LogP contribution is 2.33. The first kappa shape index (κ1) is 18.5. The number of sulfonamides is 1. The number of nitrogens with zero attached hydrogens (tertiary/aromatic N) is 2. The van der Waals surface area contributed by atoms with E-state index in [-0.39, 0.29) is 21.9 Å². The number of non-ortho nitro benzene ring substituents is 1. The Morgan fingerprint density at radius 1 is 1.32 bits per heavy atom. The van der Waals surface area contributed by atoms with Crippen molar-refractivity contribution in [1.82, 2.24) is 4.83 Å². The smallest absolute Gasteiger partial charge is 0.276 e. The molecule has 2 aromatic rings. The zero-order valence-corrected chi connectivity index (χ0v) is 14.3. The molecule has 9 nitrogen and oxygen atoms in total. The molecule has 0 amide bonds. The van der Waals surface area contributed by atoms with E-state index in [0.717, 1.165) is 18.3 Å². The summed E-state index contributed by atoms with van der Waals surface area (Å²) in [6.45, 7) is 0. The normalized spacial score (nSPS) is 11.4. The molecule has 0 saturated heterocycles. The minimum atomic E-state index is -3.96. The lowest BCUT2D eigenvalue weighted by Gasteiger charge is -2.06. The van der Waals surface area contributed by atoms with Gasteiger partial charge in [0.05, 0.1) is 29.2 Å². The molecule has 0 spiro atoms. The number of methoxy groups -OCH3 is 1. The summed E-state index contributed by atoms with van der Waals surface area (Å²) in [5.74, 6) is -0.557. The molecule has 2 rings (SSSR count). The standard InChI is InChI=1S/C14H12ClN3O6S/c1-24-13-7-11(18(20)21)6-9(14(13)19)8-16-17-25(22,23)12-4-2-10(15)3-5-12/h2-8,17,19H,1H3/b16-8+. The Morgan fingerprint density at radius 2 is 1.96 bits per heavy atom. The molecule has 0 saturated carbocycles. The van der Waals surface area contributed by atoms with Gasteiger partial charge in [-0.25, -0.2) is 4.83 Å². The van der Waals surface area contributed by atoms with Crippen molar-refractivity contribution in [2.75, 3.05) is 7.11 Å². The average molecular weight is 386 g/mol. The lowest BCUT2D eigenvalue weighted by molar-refractivity contribution is -0.385. The molecule has 132 valence electrons. The van der Waals surface area contributed by atoms with Crippen molar-refractivity contribution in [3.05, 3.63) is 57.1 Å². The lowest BCUT2D eigenvalue weighted by atomic mass is 10.2. The maximum absolute atomic E-state index is 12.1. The number of nitrogens with one attached hydrogen (secondary N) is 1. The molecular formula is C14H12ClN3O6S. The van der Waals surface area contributed by atoms with Crippen LogP contribution in [0.3, 0.4) is 0 Å². The van der Waals surface area contributed by atoms with Gasteiger partial charge < -0.3 is 9.84 Å². The predicted octanol–water partition coefficient (Wildman–Crippen LogP) is 2.27. The van der Waals surface area contributed by atoms with Gasteiger partial charge in [0.1, 0.15) is 0 Å². The van der Waals surface area contributed by atoms with Crippen LogP contribution in [0.4, 0.5) is 5.69 Å². The molecule has 0 unspecified atom stereocenters. The molecule has 0 aliphatic carbocycles. The monoisotopic (exact) mass is 385 g/mol. The van der Waals surface area contributed by atoms with Gasteiger partial charge in [-0.05, 0) is 24.3 Å². The molecule has 0 aliphatic rings. The third-order valence-corrected chi connectivity index (χ3v) is 4.51. The molecule has 0 bridgehead atoms. The Balaban J connectivity index is 2.28. The highest BCUT2D eigenvalue weighted by Gasteiger charge is 2.16. The summed E-state index contributed by atoms with van der Waals surface area (Å²) in [5, 5.41) is 24.7. The van der Waals surface area contributed by atoms with Gasteiger partial charge in [-0.1, -0.05) is 11.6 Å². The van der Waals surface area contributed by atoms with E-state index in [2.05, 4.69) is 5.10 Å². The van der Waals surface area contributed by atoms with E-state index >= 15 is 0 Å². The molecule has 0 radical (unpaired) electrons. The van der Waals surface area contributed by atoms with Crippen LogP contribution in [0.2, 0.25) is 5.02 Å². The highest BCUT2D eigenvalue weighted by atomic mass is 35.5. The Morgan fingerprint density at radius 3 is 2.52 bits per heavy atom. The SMILES string of the molecule is COc1cc([N+](=O)[O-])cc(/C=N/NS(=O)(=O)c2ccc(Cl)cc2)c1O. The average Bonchev–Trinajstić information content (AvgIpc) is 2.56. The number of aromatic hydroxyl groups is 1. The summed E-state index contributed by atoms with van der Waals surface area (Å²) in [6, 6.07) is 7.43. The van der Waals surface area contributed by atoms with E-state index in [0.29, 0.717) is 5.02 Å². The van der Waals surface area contributed by atoms with Crippen LogP contribution in [-0.2, 0) is 10.0 Å². The number of phenolic OH excluding ortho intramolecular Hbond substituents is 1. The van der Waals surface area contributed by atoms with Crippen molar-refractivity contribution in [3.63, 3.8) is 0 Å². The van der Waals surface area contributed by atoms with E-state index in [1.807, 2.05) is 4.83 Å². The van der Waals surface area contributed by atoms with E-state index < -0.39 is 20.7 Å². The second-order valence-electron chi connectivity index (χ2n) is 4.65. The molecule has 0 fully saturated rings. The number of phenols is 1. The number of ether oxygens (including phenoxy) is 1. The minimum absolute atomic E-state index is 0.0742. The van der Waals surface area contributed by atoms with Gasteiger partial charge in [0.15, 0.2) is 11.5 Å². The number of rotatable bonds is 6. The predicted molar refractivity (Wildman–Crippen MR) is 90.7 cm³/mol. The number of hydrazone groups is 1. The van der Waals surface area contributed by atoms with Crippen LogP contribution >= 0.6 is 11.6 Å². The first-order valence-corrected chi connectivity index (χ1v) is 8.46. The zero-order chi connectivity index (χ0) is 18.6. The summed E-state index contributed by atoms with van der Waals surface area (Å²) in [6.07, 6.45) is 0.929. The molecule has 2 N–H and O–H groups in total. The first-order valence-electron chi connectivity index (χ1n) is 6.60. The molecule has 0 aromatic heterocycles. The van der Waals surface area contributed by atoms with E-state index in [9.17, 15) is 23.6 Å². The summed E-state index contributed by atoms with van der Waals surface area (Å²) in [4.78, 5) is 12.1. The van der Waals surface area contributed by atoms with Gasteiger partial charge in [0, 0.05) is 16.7 Å². The van der Waals surface area contributed by atoms with Crippen molar-refractivity contribution in [2.45, 2.75) is 4.90 Å². The Bertz CT molecular complexity index is 928. The third kappa shape index (κ3) is 4.37. The van der Waals surface area contributed by atoms with Crippen LogP contribution in [0.5, 0.6) is 11.5 Å². The molecule has 11 heteroatoms. The maximum atomic E-state index is 12.1. The zero-order valence-electron chi connectivity index (χ0n) is 12.7. The Labute approximate surface area is 147 Å². The van der Waals surface area contributed by atoms with Gasteiger partial charge in [-0.15, -0.1) is 0 Å². The first-order chi connectivity index (χ1) is 11.7. The molecule has 2 aromatic carbocycles. The Hall–Kier alpha value is -2.85. The van der Waals surface area contributed by atoms with Gasteiger partial charge >= 0.3 is 0 Å². The second-order valence-corrected chi connectivity index (χ2v) is 6.75. The number of hydrogen-bond donors (Lipinski definition) is 2. The van der Waals surface area contributed by atoms with Crippen molar-refractivity contribution < 1.29 is 23.2 Å². The van der Waals surface area contributed by atoms with E-state index in [1.54, 1.807) is 0 Å². The fourth-order valence-electron chi connectivity index (χ4n) is 1.81. The van der Waals surface area contributed by atoms with Crippen LogP contribution in [0.15, 0.2) is 46.4 Å². The number of halogens is 1. The van der Waals surface area contributed by atoms with Gasteiger partial charge in [-0.2, -0.15) is 13.5 Å².